The minimum Gasteiger partial charge on any atom is -0.497 e. The summed E-state index contributed by atoms with van der Waals surface area (Å²) in [6, 6.07) is 6.58. The van der Waals surface area contributed by atoms with Gasteiger partial charge < -0.3 is 15.0 Å². The second-order valence-electron chi connectivity index (χ2n) is 20.5. The van der Waals surface area contributed by atoms with E-state index in [0.29, 0.717) is 23.5 Å². The zero-order valence-electron chi connectivity index (χ0n) is 34.4. The molecule has 5 aliphatic carbocycles. The highest BCUT2D eigenvalue weighted by Gasteiger charge is 2.69. The van der Waals surface area contributed by atoms with Crippen molar-refractivity contribution < 1.29 is 17.9 Å². The van der Waals surface area contributed by atoms with Crippen LogP contribution in [0.2, 0.25) is 0 Å². The van der Waals surface area contributed by atoms with Crippen molar-refractivity contribution in [3.05, 3.63) is 53.4 Å². The maximum Gasteiger partial charge on any atom is 0.282 e. The summed E-state index contributed by atoms with van der Waals surface area (Å²) in [5.74, 6) is 2.02. The molecule has 1 aliphatic heterocycles. The molecule has 0 spiro atoms. The van der Waals surface area contributed by atoms with Gasteiger partial charge in [0.25, 0.3) is 10.0 Å². The first-order chi connectivity index (χ1) is 25.4. The Bertz CT molecular complexity index is 1930. The van der Waals surface area contributed by atoms with Crippen LogP contribution in [0.4, 0.5) is 0 Å². The van der Waals surface area contributed by atoms with Crippen LogP contribution in [0.1, 0.15) is 130 Å². The van der Waals surface area contributed by atoms with Gasteiger partial charge in [0, 0.05) is 24.7 Å². The third-order valence-corrected chi connectivity index (χ3v) is 18.5. The van der Waals surface area contributed by atoms with Crippen molar-refractivity contribution in [2.45, 2.75) is 136 Å². The number of fused-ring (bicyclic) bond motifs is 8. The molecule has 54 heavy (non-hydrogen) atoms. The number of allylic oxidation sites excluding steroid dienone is 2. The van der Waals surface area contributed by atoms with Crippen molar-refractivity contribution in [3.63, 3.8) is 0 Å². The molecule has 4 fully saturated rings. The highest BCUT2D eigenvalue weighted by atomic mass is 32.2. The van der Waals surface area contributed by atoms with E-state index in [1.54, 1.807) is 36.9 Å². The summed E-state index contributed by atoms with van der Waals surface area (Å²) in [7, 11) is -2.28. The number of aromatic nitrogens is 2. The number of piperidine rings is 1. The Morgan fingerprint density at radius 1 is 0.926 bits per heavy atom. The van der Waals surface area contributed by atoms with Gasteiger partial charge in [-0.05, 0) is 153 Å². The van der Waals surface area contributed by atoms with Gasteiger partial charge in [-0.3, -0.25) is 4.79 Å². The van der Waals surface area contributed by atoms with Crippen molar-refractivity contribution in [1.82, 2.24) is 19.4 Å². The summed E-state index contributed by atoms with van der Waals surface area (Å²) >= 11 is 0. The van der Waals surface area contributed by atoms with E-state index in [0.717, 1.165) is 95.2 Å². The number of ether oxygens (including phenoxy) is 1. The molecule has 1 amide bonds. The van der Waals surface area contributed by atoms with Crippen LogP contribution in [0.3, 0.4) is 0 Å². The molecule has 296 valence electrons. The lowest BCUT2D eigenvalue weighted by Gasteiger charge is -2.70. The van der Waals surface area contributed by atoms with Crippen molar-refractivity contribution in [3.8, 4) is 5.75 Å². The molecule has 2 aromatic rings. The molecule has 7 atom stereocenters. The number of methoxy groups -OCH3 is 1. The molecule has 0 radical (unpaired) electrons. The Kier molecular flexibility index (Phi) is 9.16. The molecule has 0 bridgehead atoms. The zero-order valence-corrected chi connectivity index (χ0v) is 35.2. The summed E-state index contributed by atoms with van der Waals surface area (Å²) in [5.41, 5.74) is 3.24. The van der Waals surface area contributed by atoms with E-state index in [-0.39, 0.29) is 43.3 Å². The first kappa shape index (κ1) is 38.2. The minimum atomic E-state index is -3.86. The minimum absolute atomic E-state index is 0.00582. The highest BCUT2D eigenvalue weighted by Crippen LogP contribution is 2.75. The lowest BCUT2D eigenvalue weighted by Crippen LogP contribution is -2.65. The van der Waals surface area contributed by atoms with Gasteiger partial charge in [-0.2, -0.15) is 17.6 Å². The fraction of sp³-hybridized carbons (Fsp3) is 0.733. The number of hydrogen-bond donors (Lipinski definition) is 1. The number of carbonyl (C=O) groups is 1. The van der Waals surface area contributed by atoms with Gasteiger partial charge in [0.15, 0.2) is 0 Å². The normalized spacial score (nSPS) is 37.0. The Morgan fingerprint density at radius 2 is 1.63 bits per heavy atom. The molecule has 3 saturated carbocycles. The summed E-state index contributed by atoms with van der Waals surface area (Å²) < 4.78 is 34.4. The molecule has 6 aliphatic rings. The Hall–Kier alpha value is -2.65. The van der Waals surface area contributed by atoms with E-state index in [1.165, 1.54) is 23.3 Å². The monoisotopic (exact) mass is 758 g/mol. The second kappa shape index (κ2) is 12.9. The number of benzene rings is 1. The van der Waals surface area contributed by atoms with Crippen LogP contribution in [0.15, 0.2) is 47.0 Å². The molecule has 8 nitrogen and oxygen atoms in total. The van der Waals surface area contributed by atoms with Crippen molar-refractivity contribution in [2.24, 2.45) is 44.8 Å². The van der Waals surface area contributed by atoms with E-state index in [2.05, 4.69) is 64.8 Å². The van der Waals surface area contributed by atoms with E-state index < -0.39 is 10.0 Å². The molecule has 1 N–H and O–H groups in total. The Balaban J connectivity index is 1.11. The third kappa shape index (κ3) is 5.61. The van der Waals surface area contributed by atoms with Gasteiger partial charge in [0.05, 0.1) is 23.1 Å². The van der Waals surface area contributed by atoms with Gasteiger partial charge in [-0.15, -0.1) is 0 Å². The van der Waals surface area contributed by atoms with Gasteiger partial charge >= 0.3 is 0 Å². The van der Waals surface area contributed by atoms with Gasteiger partial charge in [-0.25, -0.2) is 0 Å². The maximum atomic E-state index is 14.6. The van der Waals surface area contributed by atoms with Crippen LogP contribution in [-0.2, 0) is 26.7 Å². The van der Waals surface area contributed by atoms with E-state index in [1.807, 2.05) is 6.20 Å². The van der Waals surface area contributed by atoms with E-state index in [9.17, 15) is 13.2 Å². The second-order valence-corrected chi connectivity index (χ2v) is 22.3. The third-order valence-electron chi connectivity index (χ3n) is 16.9. The van der Waals surface area contributed by atoms with Crippen molar-refractivity contribution in [1.29, 1.82) is 0 Å². The molecule has 8 rings (SSSR count). The van der Waals surface area contributed by atoms with E-state index >= 15 is 0 Å². The average Bonchev–Trinajstić information content (AvgIpc) is 3.58. The van der Waals surface area contributed by atoms with Gasteiger partial charge in [-0.1, -0.05) is 66.5 Å². The number of likely N-dealkylation sites (tertiary alicyclic amines) is 1. The molecule has 2 heterocycles. The summed E-state index contributed by atoms with van der Waals surface area (Å²) in [6.07, 6.45) is 17.6. The fourth-order valence-electron chi connectivity index (χ4n) is 13.7. The number of carbonyl (C=O) groups excluding carboxylic acids is 1. The standard InChI is InChI=1S/C45H66N4O4S/c1-40(2)20-22-45(39(50)46-24-27-48-25-10-9-11-26-48)23-21-43(6)34(35(45)29-40)16-17-37-42(5)28-31-30-49(54(51,52)33-14-12-32(53-8)13-15-33)47-38(31)41(3,4)36(42)18-19-44(37,43)7/h12-16,30,35-37H,9-11,17-29H2,1-8H3,(H,46,50)/t35-,36-,37+,42-,43+,44+,45-/m0/s1. The Morgan fingerprint density at radius 3 is 2.33 bits per heavy atom. The molecule has 9 heteroatoms. The summed E-state index contributed by atoms with van der Waals surface area (Å²) in [4.78, 5) is 17.3. The zero-order chi connectivity index (χ0) is 38.5. The largest absolute Gasteiger partial charge is 0.497 e. The predicted molar refractivity (Wildman–Crippen MR) is 214 cm³/mol. The maximum absolute atomic E-state index is 14.6. The molecule has 0 unspecified atom stereocenters. The quantitative estimate of drug-likeness (QED) is 0.285. The van der Waals surface area contributed by atoms with Crippen molar-refractivity contribution >= 4 is 15.9 Å². The molecule has 1 aromatic carbocycles. The first-order valence-electron chi connectivity index (χ1n) is 21.1. The fourth-order valence-corrected chi connectivity index (χ4v) is 14.9. The summed E-state index contributed by atoms with van der Waals surface area (Å²) in [6.45, 7) is 21.2. The van der Waals surface area contributed by atoms with E-state index in [4.69, 9.17) is 9.84 Å². The lowest BCUT2D eigenvalue weighted by atomic mass is 9.33. The Labute approximate surface area is 325 Å². The van der Waals surface area contributed by atoms with Crippen molar-refractivity contribution in [2.75, 3.05) is 33.3 Å². The van der Waals surface area contributed by atoms with Crippen LogP contribution in [0, 0.1) is 44.8 Å². The molecular formula is C45H66N4O4S. The van der Waals surface area contributed by atoms with Gasteiger partial charge in [0.1, 0.15) is 5.75 Å². The SMILES string of the molecule is COc1ccc(S(=O)(=O)n2cc3c(n2)C(C)(C)[C@@H]2CC[C@]4(C)[C@H](CC=C5[C@@H]6CC(C)(C)CC[C@]6(C(=O)NCCN6CCCCC6)CC[C@]54C)[C@@]2(C)C3)cc1. The van der Waals surface area contributed by atoms with Crippen LogP contribution in [-0.4, -0.2) is 61.7 Å². The molecular weight excluding hydrogens is 693 g/mol. The van der Waals surface area contributed by atoms with Crippen LogP contribution >= 0.6 is 0 Å². The number of amides is 1. The first-order valence-corrected chi connectivity index (χ1v) is 22.6. The molecule has 1 saturated heterocycles. The number of hydrogen-bond acceptors (Lipinski definition) is 6. The number of rotatable bonds is 7. The molecule has 1 aromatic heterocycles. The smallest absolute Gasteiger partial charge is 0.282 e. The summed E-state index contributed by atoms with van der Waals surface area (Å²) in [5, 5.41) is 8.41. The topological polar surface area (TPSA) is 93.5 Å². The van der Waals surface area contributed by atoms with Crippen LogP contribution in [0.5, 0.6) is 5.75 Å². The van der Waals surface area contributed by atoms with Crippen LogP contribution in [0.25, 0.3) is 0 Å². The highest BCUT2D eigenvalue weighted by molar-refractivity contribution is 7.89. The number of nitrogens with zero attached hydrogens (tertiary/aromatic N) is 3. The van der Waals surface area contributed by atoms with Crippen LogP contribution < -0.4 is 10.1 Å². The average molecular weight is 759 g/mol. The lowest BCUT2D eigenvalue weighted by molar-refractivity contribution is -0.167. The number of nitrogens with one attached hydrogen (secondary N) is 1. The van der Waals surface area contributed by atoms with Gasteiger partial charge in [0.2, 0.25) is 5.91 Å². The predicted octanol–water partition coefficient (Wildman–Crippen LogP) is 8.55.